The maximum absolute atomic E-state index is 11.1. The first kappa shape index (κ1) is 11.3. The van der Waals surface area contributed by atoms with Crippen molar-refractivity contribution in [2.45, 2.75) is 11.3 Å². The largest absolute Gasteiger partial charge is 0.457 e. The molecule has 0 radical (unpaired) electrons. The van der Waals surface area contributed by atoms with Gasteiger partial charge in [-0.25, -0.2) is 0 Å². The van der Waals surface area contributed by atoms with Crippen molar-refractivity contribution in [2.24, 2.45) is 0 Å². The molecule has 0 saturated carbocycles. The van der Waals surface area contributed by atoms with Crippen LogP contribution >= 0.6 is 0 Å². The van der Waals surface area contributed by atoms with Crippen molar-refractivity contribution < 1.29 is 17.7 Å². The van der Waals surface area contributed by atoms with Gasteiger partial charge < -0.3 is 4.74 Å². The van der Waals surface area contributed by atoms with E-state index in [2.05, 4.69) is 0 Å². The lowest BCUT2D eigenvalue weighted by Crippen LogP contribution is -2.05. The van der Waals surface area contributed by atoms with Crippen molar-refractivity contribution >= 4 is 10.1 Å². The molecule has 0 amide bonds. The van der Waals surface area contributed by atoms with Gasteiger partial charge in [-0.3, -0.25) is 4.55 Å². The molecule has 0 saturated heterocycles. The van der Waals surface area contributed by atoms with Gasteiger partial charge in [0.15, 0.2) is 0 Å². The first-order chi connectivity index (χ1) is 8.54. The summed E-state index contributed by atoms with van der Waals surface area (Å²) < 4.78 is 36.8. The Bertz CT molecular complexity index is 720. The molecule has 0 fully saturated rings. The van der Waals surface area contributed by atoms with Gasteiger partial charge in [0, 0.05) is 12.5 Å². The molecular formula is C13H10O4S. The number of ether oxygens (including phenoxy) is 1. The molecule has 18 heavy (non-hydrogen) atoms. The lowest BCUT2D eigenvalue weighted by Gasteiger charge is -2.20. The average molecular weight is 262 g/mol. The zero-order valence-electron chi connectivity index (χ0n) is 9.33. The molecule has 2 aromatic carbocycles. The normalized spacial score (nSPS) is 13.4. The SMILES string of the molecule is O=S(=O)(O)c1ccc2c(c1)Oc1ccccc1C2. The third-order valence-electron chi connectivity index (χ3n) is 2.91. The summed E-state index contributed by atoms with van der Waals surface area (Å²) in [7, 11) is -4.19. The fraction of sp³-hybridized carbons (Fsp3) is 0.0769. The molecule has 0 aliphatic carbocycles. The summed E-state index contributed by atoms with van der Waals surface area (Å²) in [4.78, 5) is -0.152. The Morgan fingerprint density at radius 1 is 1.00 bits per heavy atom. The van der Waals surface area contributed by atoms with E-state index in [4.69, 9.17) is 9.29 Å². The van der Waals surface area contributed by atoms with E-state index in [0.717, 1.165) is 16.9 Å². The summed E-state index contributed by atoms with van der Waals surface area (Å²) in [5.74, 6) is 1.20. The Morgan fingerprint density at radius 3 is 2.50 bits per heavy atom. The quantitative estimate of drug-likeness (QED) is 0.685. The highest BCUT2D eigenvalue weighted by molar-refractivity contribution is 7.85. The second kappa shape index (κ2) is 3.83. The smallest absolute Gasteiger partial charge is 0.294 e. The number of hydrogen-bond donors (Lipinski definition) is 1. The highest BCUT2D eigenvalue weighted by Crippen LogP contribution is 2.37. The minimum Gasteiger partial charge on any atom is -0.457 e. The first-order valence-corrected chi connectivity index (χ1v) is 6.84. The van der Waals surface area contributed by atoms with Gasteiger partial charge in [-0.2, -0.15) is 8.42 Å². The van der Waals surface area contributed by atoms with Crippen LogP contribution in [0.15, 0.2) is 47.4 Å². The summed E-state index contributed by atoms with van der Waals surface area (Å²) in [6, 6.07) is 12.0. The molecule has 0 bridgehead atoms. The highest BCUT2D eigenvalue weighted by Gasteiger charge is 2.19. The standard InChI is InChI=1S/C13H10O4S/c14-18(15,16)11-6-5-10-7-9-3-1-2-4-12(9)17-13(10)8-11/h1-6,8H,7H2,(H,14,15,16). The average Bonchev–Trinajstić information content (AvgIpc) is 2.34. The van der Waals surface area contributed by atoms with Crippen molar-refractivity contribution in [2.75, 3.05) is 0 Å². The van der Waals surface area contributed by atoms with Gasteiger partial charge in [-0.1, -0.05) is 24.3 Å². The molecule has 4 nitrogen and oxygen atoms in total. The van der Waals surface area contributed by atoms with Crippen LogP contribution in [0.2, 0.25) is 0 Å². The number of benzene rings is 2. The number of para-hydroxylation sites is 1. The van der Waals surface area contributed by atoms with Crippen LogP contribution in [0.4, 0.5) is 0 Å². The summed E-state index contributed by atoms with van der Waals surface area (Å²) in [5, 5.41) is 0. The van der Waals surface area contributed by atoms with Gasteiger partial charge in [0.2, 0.25) is 0 Å². The second-order valence-corrected chi connectivity index (χ2v) is 5.55. The van der Waals surface area contributed by atoms with Crippen molar-refractivity contribution in [3.05, 3.63) is 53.6 Å². The molecule has 3 rings (SSSR count). The molecule has 0 aromatic heterocycles. The lowest BCUT2D eigenvalue weighted by atomic mass is 10.0. The Hall–Kier alpha value is -1.85. The molecule has 1 heterocycles. The van der Waals surface area contributed by atoms with Crippen LogP contribution in [-0.2, 0) is 16.5 Å². The van der Waals surface area contributed by atoms with Crippen LogP contribution < -0.4 is 4.74 Å². The van der Waals surface area contributed by atoms with E-state index in [1.54, 1.807) is 6.07 Å². The van der Waals surface area contributed by atoms with Gasteiger partial charge in [0.25, 0.3) is 10.1 Å². The fourth-order valence-corrected chi connectivity index (χ4v) is 2.51. The Morgan fingerprint density at radius 2 is 1.72 bits per heavy atom. The van der Waals surface area contributed by atoms with Crippen molar-refractivity contribution in [3.8, 4) is 11.5 Å². The third kappa shape index (κ3) is 1.87. The predicted octanol–water partition coefficient (Wildman–Crippen LogP) is 2.63. The van der Waals surface area contributed by atoms with Gasteiger partial charge in [0.05, 0.1) is 4.90 Å². The predicted molar refractivity (Wildman–Crippen MR) is 65.6 cm³/mol. The van der Waals surface area contributed by atoms with E-state index in [-0.39, 0.29) is 4.90 Å². The minimum absolute atomic E-state index is 0.152. The first-order valence-electron chi connectivity index (χ1n) is 5.40. The van der Waals surface area contributed by atoms with Crippen LogP contribution in [0.3, 0.4) is 0 Å². The Labute approximate surface area is 105 Å². The molecule has 0 spiro atoms. The second-order valence-electron chi connectivity index (χ2n) is 4.13. The summed E-state index contributed by atoms with van der Waals surface area (Å²) in [6.07, 6.45) is 0.692. The summed E-state index contributed by atoms with van der Waals surface area (Å²) in [5.41, 5.74) is 1.96. The molecule has 92 valence electrons. The molecule has 2 aromatic rings. The maximum Gasteiger partial charge on any atom is 0.294 e. The molecule has 0 unspecified atom stereocenters. The molecule has 1 N–H and O–H groups in total. The molecule has 5 heteroatoms. The Balaban J connectivity index is 2.09. The van der Waals surface area contributed by atoms with Crippen LogP contribution in [0.25, 0.3) is 0 Å². The van der Waals surface area contributed by atoms with Crippen molar-refractivity contribution in [1.29, 1.82) is 0 Å². The van der Waals surface area contributed by atoms with E-state index in [1.165, 1.54) is 12.1 Å². The van der Waals surface area contributed by atoms with Crippen LogP contribution in [0.1, 0.15) is 11.1 Å². The zero-order valence-corrected chi connectivity index (χ0v) is 10.1. The van der Waals surface area contributed by atoms with Crippen LogP contribution in [0, 0.1) is 0 Å². The van der Waals surface area contributed by atoms with Crippen molar-refractivity contribution in [1.82, 2.24) is 0 Å². The van der Waals surface area contributed by atoms with E-state index >= 15 is 0 Å². The molecule has 1 aliphatic rings. The molecular weight excluding hydrogens is 252 g/mol. The summed E-state index contributed by atoms with van der Waals surface area (Å²) in [6.45, 7) is 0. The number of rotatable bonds is 1. The fourth-order valence-electron chi connectivity index (χ4n) is 2.01. The van der Waals surface area contributed by atoms with Crippen LogP contribution in [-0.4, -0.2) is 13.0 Å². The monoisotopic (exact) mass is 262 g/mol. The topological polar surface area (TPSA) is 63.6 Å². The molecule has 0 atom stereocenters. The van der Waals surface area contributed by atoms with Gasteiger partial charge in [0.1, 0.15) is 11.5 Å². The van der Waals surface area contributed by atoms with E-state index in [9.17, 15) is 8.42 Å². The number of fused-ring (bicyclic) bond motifs is 2. The summed E-state index contributed by atoms with van der Waals surface area (Å²) >= 11 is 0. The molecule has 1 aliphatic heterocycles. The van der Waals surface area contributed by atoms with Crippen molar-refractivity contribution in [3.63, 3.8) is 0 Å². The van der Waals surface area contributed by atoms with E-state index < -0.39 is 10.1 Å². The van der Waals surface area contributed by atoms with Gasteiger partial charge >= 0.3 is 0 Å². The van der Waals surface area contributed by atoms with Gasteiger partial charge in [-0.05, 0) is 23.3 Å². The zero-order chi connectivity index (χ0) is 12.8. The van der Waals surface area contributed by atoms with Crippen LogP contribution in [0.5, 0.6) is 11.5 Å². The Kier molecular flexibility index (Phi) is 2.39. The van der Waals surface area contributed by atoms with E-state index in [0.29, 0.717) is 12.2 Å². The maximum atomic E-state index is 11.1. The lowest BCUT2D eigenvalue weighted by molar-refractivity contribution is 0.454. The highest BCUT2D eigenvalue weighted by atomic mass is 32.2. The third-order valence-corrected chi connectivity index (χ3v) is 3.76. The minimum atomic E-state index is -4.19. The van der Waals surface area contributed by atoms with Gasteiger partial charge in [-0.15, -0.1) is 0 Å². The van der Waals surface area contributed by atoms with E-state index in [1.807, 2.05) is 24.3 Å². The number of hydrogen-bond acceptors (Lipinski definition) is 3.